The van der Waals surface area contributed by atoms with Gasteiger partial charge in [0.1, 0.15) is 0 Å². The summed E-state index contributed by atoms with van der Waals surface area (Å²) in [4.78, 5) is 0. The van der Waals surface area contributed by atoms with Crippen LogP contribution >= 0.6 is 0 Å². The van der Waals surface area contributed by atoms with Gasteiger partial charge in [-0.25, -0.2) is 0 Å². The number of unbranched alkanes of at least 4 members (excludes halogenated alkanes) is 25. The summed E-state index contributed by atoms with van der Waals surface area (Å²) in [6, 6.07) is 0. The zero-order chi connectivity index (χ0) is 25.7. The summed E-state index contributed by atoms with van der Waals surface area (Å²) in [5.74, 6) is 0.491. The van der Waals surface area contributed by atoms with Gasteiger partial charge in [0.15, 0.2) is 0 Å². The maximum Gasteiger partial charge on any atom is 0.0565 e. The lowest BCUT2D eigenvalue weighted by atomic mass is 9.93. The SMILES string of the molecule is CCCCCCCCCCCCCCCCCC(O)C(C)CCCCCCCCCCCCCC. The molecule has 0 saturated carbocycles. The second-order valence-corrected chi connectivity index (χ2v) is 12.0. The molecule has 0 rings (SSSR count). The average molecular weight is 495 g/mol. The number of rotatable bonds is 30. The van der Waals surface area contributed by atoms with Crippen LogP contribution in [0.3, 0.4) is 0 Å². The Morgan fingerprint density at radius 2 is 0.571 bits per heavy atom. The van der Waals surface area contributed by atoms with Crippen LogP contribution in [0.5, 0.6) is 0 Å². The third-order valence-corrected chi connectivity index (χ3v) is 8.27. The minimum absolute atomic E-state index is 0.0651. The molecule has 1 heteroatoms. The van der Waals surface area contributed by atoms with Gasteiger partial charge in [0.25, 0.3) is 0 Å². The first-order valence-electron chi connectivity index (χ1n) is 16.9. The lowest BCUT2D eigenvalue weighted by Gasteiger charge is -2.18. The van der Waals surface area contributed by atoms with Crippen LogP contribution in [0.1, 0.15) is 207 Å². The minimum Gasteiger partial charge on any atom is -0.393 e. The second kappa shape index (κ2) is 30.2. The van der Waals surface area contributed by atoms with E-state index in [2.05, 4.69) is 20.8 Å². The molecule has 212 valence electrons. The molecule has 0 heterocycles. The van der Waals surface area contributed by atoms with Crippen LogP contribution in [0.25, 0.3) is 0 Å². The number of hydrogen-bond donors (Lipinski definition) is 1. The first kappa shape index (κ1) is 35.0. The smallest absolute Gasteiger partial charge is 0.0565 e. The summed E-state index contributed by atoms with van der Waals surface area (Å²) >= 11 is 0. The zero-order valence-corrected chi connectivity index (χ0v) is 25.1. The Bertz CT molecular complexity index is 366. The fourth-order valence-corrected chi connectivity index (χ4v) is 5.51. The largest absolute Gasteiger partial charge is 0.393 e. The molecule has 0 aromatic rings. The molecule has 0 saturated heterocycles. The van der Waals surface area contributed by atoms with E-state index in [1.165, 1.54) is 180 Å². The molecule has 0 aliphatic rings. The molecule has 0 aliphatic carbocycles. The van der Waals surface area contributed by atoms with Gasteiger partial charge in [-0.2, -0.15) is 0 Å². The van der Waals surface area contributed by atoms with E-state index in [-0.39, 0.29) is 6.10 Å². The van der Waals surface area contributed by atoms with Gasteiger partial charge in [0.2, 0.25) is 0 Å². The summed E-state index contributed by atoms with van der Waals surface area (Å²) in [5, 5.41) is 10.5. The Morgan fingerprint density at radius 1 is 0.343 bits per heavy atom. The molecule has 0 aromatic carbocycles. The average Bonchev–Trinajstić information content (AvgIpc) is 2.86. The van der Waals surface area contributed by atoms with Gasteiger partial charge in [-0.15, -0.1) is 0 Å². The predicted octanol–water partition coefficient (Wildman–Crippen LogP) is 12.3. The highest BCUT2D eigenvalue weighted by Gasteiger charge is 2.13. The fourth-order valence-electron chi connectivity index (χ4n) is 5.51. The van der Waals surface area contributed by atoms with E-state index >= 15 is 0 Å². The van der Waals surface area contributed by atoms with Crippen LogP contribution in [0.4, 0.5) is 0 Å². The van der Waals surface area contributed by atoms with Crippen LogP contribution in [0.2, 0.25) is 0 Å². The Labute approximate surface area is 224 Å². The molecule has 0 amide bonds. The van der Waals surface area contributed by atoms with Crippen molar-refractivity contribution >= 4 is 0 Å². The molecule has 2 unspecified atom stereocenters. The number of aliphatic hydroxyl groups excluding tert-OH is 1. The molecule has 0 aromatic heterocycles. The topological polar surface area (TPSA) is 20.2 Å². The standard InChI is InChI=1S/C34H70O/c1-4-6-8-10-12-14-16-18-19-20-22-24-26-28-30-32-34(35)33(3)31-29-27-25-23-21-17-15-13-11-9-7-5-2/h33-35H,4-32H2,1-3H3. The molecule has 0 aliphatic heterocycles. The molecule has 2 atom stereocenters. The second-order valence-electron chi connectivity index (χ2n) is 12.0. The molecule has 0 fully saturated rings. The molecule has 1 nitrogen and oxygen atoms in total. The number of hydrogen-bond acceptors (Lipinski definition) is 1. The van der Waals surface area contributed by atoms with Gasteiger partial charge in [-0.05, 0) is 18.8 Å². The predicted molar refractivity (Wildman–Crippen MR) is 160 cm³/mol. The number of aliphatic hydroxyl groups is 1. The van der Waals surface area contributed by atoms with E-state index in [9.17, 15) is 5.11 Å². The highest BCUT2D eigenvalue weighted by Crippen LogP contribution is 2.20. The third kappa shape index (κ3) is 28.4. The molecule has 1 N–H and O–H groups in total. The summed E-state index contributed by atoms with van der Waals surface area (Å²) in [6.45, 7) is 6.86. The molecule has 0 spiro atoms. The summed E-state index contributed by atoms with van der Waals surface area (Å²) in [5.41, 5.74) is 0. The summed E-state index contributed by atoms with van der Waals surface area (Å²) in [6.07, 6.45) is 40.3. The summed E-state index contributed by atoms with van der Waals surface area (Å²) in [7, 11) is 0. The third-order valence-electron chi connectivity index (χ3n) is 8.27. The first-order chi connectivity index (χ1) is 17.2. The Morgan fingerprint density at radius 3 is 0.857 bits per heavy atom. The van der Waals surface area contributed by atoms with Gasteiger partial charge in [0, 0.05) is 0 Å². The molecule has 35 heavy (non-hydrogen) atoms. The fraction of sp³-hybridized carbons (Fsp3) is 1.00. The van der Waals surface area contributed by atoms with E-state index in [0.717, 1.165) is 6.42 Å². The van der Waals surface area contributed by atoms with Crippen molar-refractivity contribution in [3.63, 3.8) is 0 Å². The van der Waals surface area contributed by atoms with Gasteiger partial charge in [0.05, 0.1) is 6.10 Å². The van der Waals surface area contributed by atoms with Crippen LogP contribution < -0.4 is 0 Å². The van der Waals surface area contributed by atoms with E-state index in [1.54, 1.807) is 0 Å². The van der Waals surface area contributed by atoms with Crippen molar-refractivity contribution in [1.29, 1.82) is 0 Å². The Kier molecular flexibility index (Phi) is 30.2. The van der Waals surface area contributed by atoms with E-state index < -0.39 is 0 Å². The van der Waals surface area contributed by atoms with E-state index in [4.69, 9.17) is 0 Å². The Balaban J connectivity index is 3.27. The summed E-state index contributed by atoms with van der Waals surface area (Å²) < 4.78 is 0. The van der Waals surface area contributed by atoms with Crippen molar-refractivity contribution < 1.29 is 5.11 Å². The van der Waals surface area contributed by atoms with Gasteiger partial charge < -0.3 is 5.11 Å². The maximum absolute atomic E-state index is 10.5. The van der Waals surface area contributed by atoms with Crippen LogP contribution in [-0.2, 0) is 0 Å². The highest BCUT2D eigenvalue weighted by molar-refractivity contribution is 4.65. The minimum atomic E-state index is -0.0651. The van der Waals surface area contributed by atoms with Crippen LogP contribution in [-0.4, -0.2) is 11.2 Å². The molecular formula is C34H70O. The first-order valence-corrected chi connectivity index (χ1v) is 16.9. The maximum atomic E-state index is 10.5. The quantitative estimate of drug-likeness (QED) is 0.0984. The lowest BCUT2D eigenvalue weighted by Crippen LogP contribution is -2.17. The zero-order valence-electron chi connectivity index (χ0n) is 25.1. The van der Waals surface area contributed by atoms with E-state index in [1.807, 2.05) is 0 Å². The van der Waals surface area contributed by atoms with Gasteiger partial charge >= 0.3 is 0 Å². The van der Waals surface area contributed by atoms with Crippen molar-refractivity contribution in [2.45, 2.75) is 213 Å². The Hall–Kier alpha value is -0.0400. The van der Waals surface area contributed by atoms with Gasteiger partial charge in [-0.3, -0.25) is 0 Å². The van der Waals surface area contributed by atoms with Crippen molar-refractivity contribution in [2.75, 3.05) is 0 Å². The van der Waals surface area contributed by atoms with Crippen molar-refractivity contribution in [2.24, 2.45) is 5.92 Å². The van der Waals surface area contributed by atoms with Gasteiger partial charge in [-0.1, -0.05) is 194 Å². The monoisotopic (exact) mass is 495 g/mol. The van der Waals surface area contributed by atoms with Crippen LogP contribution in [0.15, 0.2) is 0 Å². The van der Waals surface area contributed by atoms with Crippen molar-refractivity contribution in [3.8, 4) is 0 Å². The lowest BCUT2D eigenvalue weighted by molar-refractivity contribution is 0.0985. The van der Waals surface area contributed by atoms with E-state index in [0.29, 0.717) is 5.92 Å². The van der Waals surface area contributed by atoms with Crippen molar-refractivity contribution in [1.82, 2.24) is 0 Å². The molecule has 0 radical (unpaired) electrons. The normalized spacial score (nSPS) is 13.4. The molecule has 0 bridgehead atoms. The van der Waals surface area contributed by atoms with Crippen molar-refractivity contribution in [3.05, 3.63) is 0 Å². The van der Waals surface area contributed by atoms with Crippen LogP contribution in [0, 0.1) is 5.92 Å². The molecular weight excluding hydrogens is 424 g/mol. The highest BCUT2D eigenvalue weighted by atomic mass is 16.3.